The SMILES string of the molecule is CC1(C)C(=O)N(C2C3CC4C[C@H]2CC(C(=O)O)(C4)C3)C1c1cccc(Cl)c1Cl. The summed E-state index contributed by atoms with van der Waals surface area (Å²) in [7, 11) is 0. The van der Waals surface area contributed by atoms with Crippen LogP contribution in [-0.2, 0) is 9.59 Å². The zero-order chi connectivity index (χ0) is 20.0. The van der Waals surface area contributed by atoms with Crippen LogP contribution in [0.15, 0.2) is 18.2 Å². The number of β-lactam (4-membered cyclic amide) rings is 1. The highest BCUT2D eigenvalue weighted by Crippen LogP contribution is 2.64. The molecule has 0 spiro atoms. The molecule has 1 saturated heterocycles. The van der Waals surface area contributed by atoms with Crippen LogP contribution in [0.1, 0.15) is 57.6 Å². The zero-order valence-electron chi connectivity index (χ0n) is 16.1. The van der Waals surface area contributed by atoms with E-state index < -0.39 is 16.8 Å². The molecule has 28 heavy (non-hydrogen) atoms. The van der Waals surface area contributed by atoms with Gasteiger partial charge in [0.25, 0.3) is 0 Å². The van der Waals surface area contributed by atoms with Gasteiger partial charge in [-0.25, -0.2) is 0 Å². The monoisotopic (exact) mass is 421 g/mol. The second kappa shape index (κ2) is 5.89. The minimum Gasteiger partial charge on any atom is -0.481 e. The lowest BCUT2D eigenvalue weighted by atomic mass is 9.47. The van der Waals surface area contributed by atoms with Gasteiger partial charge < -0.3 is 10.0 Å². The molecule has 4 aliphatic carbocycles. The van der Waals surface area contributed by atoms with E-state index in [0.29, 0.717) is 28.8 Å². The normalized spacial score (nSPS) is 40.5. The van der Waals surface area contributed by atoms with E-state index in [1.807, 2.05) is 30.9 Å². The summed E-state index contributed by atoms with van der Waals surface area (Å²) < 4.78 is 0. The third-order valence-corrected chi connectivity index (χ3v) is 8.86. The standard InChI is InChI=1S/C22H25Cl2NO3/c1-21(2)18(14-4-3-5-15(23)16(14)24)25(19(21)26)17-12-6-11-7-13(17)10-22(8-11,9-12)20(27)28/h3-5,11-13,17-18H,6-10H2,1-2H3,(H,27,28)/t11?,12-,13?,17?,18?,22?/m0/s1. The summed E-state index contributed by atoms with van der Waals surface area (Å²) in [5, 5.41) is 10.9. The van der Waals surface area contributed by atoms with Crippen molar-refractivity contribution in [1.29, 1.82) is 0 Å². The first kappa shape index (κ1) is 18.7. The second-order valence-corrected chi connectivity index (χ2v) is 10.8. The Hall–Kier alpha value is -1.26. The molecule has 1 aromatic rings. The van der Waals surface area contributed by atoms with Crippen molar-refractivity contribution in [1.82, 2.24) is 4.90 Å². The summed E-state index contributed by atoms with van der Waals surface area (Å²) in [4.78, 5) is 27.3. The molecule has 1 aromatic carbocycles. The van der Waals surface area contributed by atoms with Crippen LogP contribution in [0.5, 0.6) is 0 Å². The fourth-order valence-corrected chi connectivity index (χ4v) is 7.55. The lowest BCUT2D eigenvalue weighted by Crippen LogP contribution is -2.70. The number of likely N-dealkylation sites (tertiary alicyclic amines) is 1. The molecular weight excluding hydrogens is 397 g/mol. The predicted molar refractivity (Wildman–Crippen MR) is 107 cm³/mol. The van der Waals surface area contributed by atoms with Gasteiger partial charge in [-0.15, -0.1) is 0 Å². The number of nitrogens with zero attached hydrogens (tertiary/aromatic N) is 1. The van der Waals surface area contributed by atoms with Gasteiger partial charge in [0.15, 0.2) is 0 Å². The van der Waals surface area contributed by atoms with Gasteiger partial charge in [0, 0.05) is 6.04 Å². The number of carboxylic acid groups (broad SMARTS) is 1. The molecule has 5 fully saturated rings. The summed E-state index contributed by atoms with van der Waals surface area (Å²) in [6, 6.07) is 5.62. The smallest absolute Gasteiger partial charge is 0.309 e. The molecule has 0 radical (unpaired) electrons. The molecule has 4 saturated carbocycles. The van der Waals surface area contributed by atoms with Crippen LogP contribution in [0.3, 0.4) is 0 Å². The summed E-state index contributed by atoms with van der Waals surface area (Å²) >= 11 is 12.8. The van der Waals surface area contributed by atoms with Crippen LogP contribution in [0.4, 0.5) is 0 Å². The van der Waals surface area contributed by atoms with E-state index in [2.05, 4.69) is 0 Å². The Morgan fingerprint density at radius 2 is 1.79 bits per heavy atom. The van der Waals surface area contributed by atoms with E-state index in [1.54, 1.807) is 6.07 Å². The summed E-state index contributed by atoms with van der Waals surface area (Å²) in [5.74, 6) is 0.526. The molecule has 4 nitrogen and oxygen atoms in total. The van der Waals surface area contributed by atoms with Crippen molar-refractivity contribution in [3.63, 3.8) is 0 Å². The number of aliphatic carboxylic acids is 1. The molecule has 150 valence electrons. The van der Waals surface area contributed by atoms with Gasteiger partial charge in [-0.05, 0) is 75.3 Å². The van der Waals surface area contributed by atoms with Crippen molar-refractivity contribution in [3.8, 4) is 0 Å². The average Bonchev–Trinajstić information content (AvgIpc) is 2.62. The van der Waals surface area contributed by atoms with Crippen molar-refractivity contribution < 1.29 is 14.7 Å². The maximum absolute atomic E-state index is 13.2. The van der Waals surface area contributed by atoms with Crippen LogP contribution < -0.4 is 0 Å². The lowest BCUT2D eigenvalue weighted by molar-refractivity contribution is -0.202. The highest BCUT2D eigenvalue weighted by molar-refractivity contribution is 6.42. The lowest BCUT2D eigenvalue weighted by Gasteiger charge is -2.66. The first-order chi connectivity index (χ1) is 13.2. The van der Waals surface area contributed by atoms with Gasteiger partial charge in [-0.3, -0.25) is 9.59 Å². The molecule has 6 rings (SSSR count). The summed E-state index contributed by atoms with van der Waals surface area (Å²) in [6.45, 7) is 3.95. The van der Waals surface area contributed by atoms with Crippen LogP contribution in [0, 0.1) is 28.6 Å². The Morgan fingerprint density at radius 3 is 2.39 bits per heavy atom. The number of carbonyl (C=O) groups is 2. The van der Waals surface area contributed by atoms with Crippen molar-refractivity contribution in [3.05, 3.63) is 33.8 Å². The van der Waals surface area contributed by atoms with E-state index in [4.69, 9.17) is 23.2 Å². The number of carbonyl (C=O) groups excluding carboxylic acids is 1. The summed E-state index contributed by atoms with van der Waals surface area (Å²) in [5.41, 5.74) is -0.201. The zero-order valence-corrected chi connectivity index (χ0v) is 17.6. The number of amides is 1. The van der Waals surface area contributed by atoms with Crippen molar-refractivity contribution in [2.45, 2.75) is 58.0 Å². The molecule has 1 heterocycles. The Morgan fingerprint density at radius 1 is 1.14 bits per heavy atom. The largest absolute Gasteiger partial charge is 0.481 e. The van der Waals surface area contributed by atoms with Crippen LogP contribution >= 0.6 is 23.2 Å². The third-order valence-electron chi connectivity index (χ3n) is 8.02. The fourth-order valence-electron chi connectivity index (χ4n) is 7.14. The van der Waals surface area contributed by atoms with Gasteiger partial charge in [0.2, 0.25) is 5.91 Å². The fraction of sp³-hybridized carbons (Fsp3) is 0.636. The molecule has 5 unspecified atom stereocenters. The molecule has 6 heteroatoms. The predicted octanol–water partition coefficient (Wildman–Crippen LogP) is 5.18. The highest BCUT2D eigenvalue weighted by atomic mass is 35.5. The molecule has 1 N–H and O–H groups in total. The van der Waals surface area contributed by atoms with E-state index in [0.717, 1.165) is 24.8 Å². The number of carboxylic acids is 1. The average molecular weight is 422 g/mol. The van der Waals surface area contributed by atoms with Gasteiger partial charge in [-0.1, -0.05) is 35.3 Å². The summed E-state index contributed by atoms with van der Waals surface area (Å²) in [6.07, 6.45) is 4.28. The third kappa shape index (κ3) is 2.31. The van der Waals surface area contributed by atoms with Gasteiger partial charge in [0.05, 0.1) is 26.9 Å². The Bertz CT molecular complexity index is 867. The van der Waals surface area contributed by atoms with Crippen LogP contribution in [0.25, 0.3) is 0 Å². The maximum atomic E-state index is 13.2. The van der Waals surface area contributed by atoms with Crippen molar-refractivity contribution in [2.75, 3.05) is 0 Å². The van der Waals surface area contributed by atoms with E-state index >= 15 is 0 Å². The second-order valence-electron chi connectivity index (χ2n) is 10.0. The molecule has 5 aliphatic rings. The number of benzene rings is 1. The van der Waals surface area contributed by atoms with Crippen molar-refractivity contribution >= 4 is 35.1 Å². The quantitative estimate of drug-likeness (QED) is 0.683. The molecular formula is C22H25Cl2NO3. The first-order valence-corrected chi connectivity index (χ1v) is 10.9. The number of halogens is 2. The molecule has 1 amide bonds. The Kier molecular flexibility index (Phi) is 3.94. The van der Waals surface area contributed by atoms with Crippen LogP contribution in [0.2, 0.25) is 10.0 Å². The number of hydrogen-bond acceptors (Lipinski definition) is 2. The molecule has 6 atom stereocenters. The maximum Gasteiger partial charge on any atom is 0.309 e. The van der Waals surface area contributed by atoms with Crippen molar-refractivity contribution in [2.24, 2.45) is 28.6 Å². The number of rotatable bonds is 3. The van der Waals surface area contributed by atoms with E-state index in [-0.39, 0.29) is 29.8 Å². The Balaban J connectivity index is 1.53. The minimum atomic E-state index is -0.643. The molecule has 4 bridgehead atoms. The minimum absolute atomic E-state index is 0.115. The molecule has 1 aliphatic heterocycles. The van der Waals surface area contributed by atoms with E-state index in [9.17, 15) is 14.7 Å². The van der Waals surface area contributed by atoms with Gasteiger partial charge in [-0.2, -0.15) is 0 Å². The molecule has 0 aromatic heterocycles. The number of hydrogen-bond donors (Lipinski definition) is 1. The topological polar surface area (TPSA) is 57.6 Å². The van der Waals surface area contributed by atoms with Crippen LogP contribution in [-0.4, -0.2) is 27.9 Å². The van der Waals surface area contributed by atoms with Gasteiger partial charge >= 0.3 is 5.97 Å². The first-order valence-electron chi connectivity index (χ1n) is 10.2. The van der Waals surface area contributed by atoms with Gasteiger partial charge in [0.1, 0.15) is 0 Å². The Labute approximate surface area is 175 Å². The van der Waals surface area contributed by atoms with E-state index in [1.165, 1.54) is 0 Å². The highest BCUT2D eigenvalue weighted by Gasteiger charge is 2.65.